The van der Waals surface area contributed by atoms with Gasteiger partial charge in [0.15, 0.2) is 0 Å². The Hall–Kier alpha value is -1.22. The molecular weight excluding hydrogens is 315 g/mol. The van der Waals surface area contributed by atoms with Gasteiger partial charge in [0.2, 0.25) is 0 Å². The van der Waals surface area contributed by atoms with Gasteiger partial charge in [0.25, 0.3) is 0 Å². The Morgan fingerprint density at radius 3 is 2.30 bits per heavy atom. The van der Waals surface area contributed by atoms with Crippen LogP contribution in [0.15, 0.2) is 47.5 Å². The third-order valence-corrected chi connectivity index (χ3v) is 3.95. The standard InChI is InChI=1S/C15H11Cl3N2/c16-10-1-4-12(5-2-10)20-8-7-19-15(20)13-6-3-11(17)9-14(13)18/h1-6,9H,7-8H2. The summed E-state index contributed by atoms with van der Waals surface area (Å²) in [5.74, 6) is 0.869. The highest BCUT2D eigenvalue weighted by Crippen LogP contribution is 2.27. The topological polar surface area (TPSA) is 15.6 Å². The van der Waals surface area contributed by atoms with E-state index >= 15 is 0 Å². The smallest absolute Gasteiger partial charge is 0.137 e. The number of aliphatic imine (C=N–C) groups is 1. The van der Waals surface area contributed by atoms with E-state index in [1.807, 2.05) is 36.4 Å². The molecule has 0 N–H and O–H groups in total. The van der Waals surface area contributed by atoms with Crippen LogP contribution in [0.25, 0.3) is 0 Å². The van der Waals surface area contributed by atoms with Crippen LogP contribution >= 0.6 is 34.8 Å². The molecular formula is C15H11Cl3N2. The predicted molar refractivity (Wildman–Crippen MR) is 86.7 cm³/mol. The quantitative estimate of drug-likeness (QED) is 0.765. The SMILES string of the molecule is Clc1ccc(N2CCN=C2c2ccc(Cl)cc2Cl)cc1. The van der Waals surface area contributed by atoms with Crippen molar-refractivity contribution in [3.05, 3.63) is 63.1 Å². The highest BCUT2D eigenvalue weighted by molar-refractivity contribution is 6.37. The summed E-state index contributed by atoms with van der Waals surface area (Å²) in [6.07, 6.45) is 0. The van der Waals surface area contributed by atoms with Gasteiger partial charge in [-0.1, -0.05) is 34.8 Å². The summed E-state index contributed by atoms with van der Waals surface area (Å²) in [7, 11) is 0. The third kappa shape index (κ3) is 2.64. The molecule has 2 aromatic carbocycles. The van der Waals surface area contributed by atoms with Crippen LogP contribution < -0.4 is 4.90 Å². The molecule has 0 spiro atoms. The Balaban J connectivity index is 1.98. The van der Waals surface area contributed by atoms with Crippen LogP contribution in [0, 0.1) is 0 Å². The fourth-order valence-corrected chi connectivity index (χ4v) is 2.84. The number of anilines is 1. The molecule has 2 aromatic rings. The van der Waals surface area contributed by atoms with Gasteiger partial charge < -0.3 is 4.90 Å². The minimum atomic E-state index is 0.608. The van der Waals surface area contributed by atoms with E-state index < -0.39 is 0 Å². The van der Waals surface area contributed by atoms with Gasteiger partial charge in [-0.15, -0.1) is 0 Å². The van der Waals surface area contributed by atoms with E-state index in [2.05, 4.69) is 9.89 Å². The van der Waals surface area contributed by atoms with Crippen molar-refractivity contribution in [2.45, 2.75) is 0 Å². The molecule has 1 heterocycles. The van der Waals surface area contributed by atoms with E-state index in [0.29, 0.717) is 10.0 Å². The zero-order valence-electron chi connectivity index (χ0n) is 10.5. The molecule has 0 aromatic heterocycles. The zero-order chi connectivity index (χ0) is 14.1. The van der Waals surface area contributed by atoms with E-state index in [1.54, 1.807) is 6.07 Å². The lowest BCUT2D eigenvalue weighted by Gasteiger charge is -2.21. The molecule has 1 aliphatic rings. The molecule has 1 aliphatic heterocycles. The van der Waals surface area contributed by atoms with Crippen molar-refractivity contribution in [3.63, 3.8) is 0 Å². The van der Waals surface area contributed by atoms with Gasteiger partial charge in [0.1, 0.15) is 5.84 Å². The molecule has 0 unspecified atom stereocenters. The van der Waals surface area contributed by atoms with Crippen LogP contribution in [0.2, 0.25) is 15.1 Å². The van der Waals surface area contributed by atoms with E-state index in [0.717, 1.165) is 35.2 Å². The van der Waals surface area contributed by atoms with Gasteiger partial charge in [-0.25, -0.2) is 0 Å². The summed E-state index contributed by atoms with van der Waals surface area (Å²) in [6, 6.07) is 13.2. The van der Waals surface area contributed by atoms with Crippen LogP contribution in [0.4, 0.5) is 5.69 Å². The molecule has 0 saturated heterocycles. The van der Waals surface area contributed by atoms with Crippen LogP contribution in [0.3, 0.4) is 0 Å². The number of rotatable bonds is 2. The monoisotopic (exact) mass is 324 g/mol. The summed E-state index contributed by atoms with van der Waals surface area (Å²) < 4.78 is 0. The zero-order valence-corrected chi connectivity index (χ0v) is 12.8. The number of hydrogen-bond acceptors (Lipinski definition) is 2. The summed E-state index contributed by atoms with van der Waals surface area (Å²) in [6.45, 7) is 1.58. The molecule has 0 aliphatic carbocycles. The lowest BCUT2D eigenvalue weighted by atomic mass is 10.1. The van der Waals surface area contributed by atoms with Crippen LogP contribution in [0.5, 0.6) is 0 Å². The van der Waals surface area contributed by atoms with Crippen molar-refractivity contribution < 1.29 is 0 Å². The third-order valence-electron chi connectivity index (χ3n) is 3.15. The van der Waals surface area contributed by atoms with Gasteiger partial charge in [-0.3, -0.25) is 4.99 Å². The van der Waals surface area contributed by atoms with Gasteiger partial charge in [0.05, 0.1) is 11.6 Å². The Labute approximate surface area is 132 Å². The lowest BCUT2D eigenvalue weighted by molar-refractivity contribution is 1.02. The van der Waals surface area contributed by atoms with Crippen molar-refractivity contribution in [3.8, 4) is 0 Å². The van der Waals surface area contributed by atoms with Gasteiger partial charge in [-0.05, 0) is 42.5 Å². The van der Waals surface area contributed by atoms with Crippen LogP contribution in [0.1, 0.15) is 5.56 Å². The molecule has 0 bridgehead atoms. The number of amidine groups is 1. The first-order valence-electron chi connectivity index (χ1n) is 6.18. The fraction of sp³-hybridized carbons (Fsp3) is 0.133. The molecule has 0 radical (unpaired) electrons. The average molecular weight is 326 g/mol. The summed E-state index contributed by atoms with van der Waals surface area (Å²) in [4.78, 5) is 6.69. The van der Waals surface area contributed by atoms with Gasteiger partial charge >= 0.3 is 0 Å². The normalized spacial score (nSPS) is 14.6. The second-order valence-corrected chi connectivity index (χ2v) is 5.74. The Bertz CT molecular complexity index is 665. The maximum Gasteiger partial charge on any atom is 0.137 e. The largest absolute Gasteiger partial charge is 0.324 e. The van der Waals surface area contributed by atoms with E-state index in [9.17, 15) is 0 Å². The van der Waals surface area contributed by atoms with Crippen molar-refractivity contribution in [1.82, 2.24) is 0 Å². The second kappa shape index (κ2) is 5.65. The van der Waals surface area contributed by atoms with Crippen LogP contribution in [-0.2, 0) is 0 Å². The molecule has 0 atom stereocenters. The average Bonchev–Trinajstić information content (AvgIpc) is 2.88. The minimum Gasteiger partial charge on any atom is -0.324 e. The van der Waals surface area contributed by atoms with Crippen LogP contribution in [-0.4, -0.2) is 18.9 Å². The van der Waals surface area contributed by atoms with Crippen molar-refractivity contribution in [2.75, 3.05) is 18.0 Å². The van der Waals surface area contributed by atoms with Crippen molar-refractivity contribution in [1.29, 1.82) is 0 Å². The molecule has 20 heavy (non-hydrogen) atoms. The molecule has 5 heteroatoms. The fourth-order valence-electron chi connectivity index (χ4n) is 2.22. The molecule has 0 saturated carbocycles. The summed E-state index contributed by atoms with van der Waals surface area (Å²) in [5, 5.41) is 1.95. The highest BCUT2D eigenvalue weighted by Gasteiger charge is 2.22. The van der Waals surface area contributed by atoms with Gasteiger partial charge in [-0.2, -0.15) is 0 Å². The highest BCUT2D eigenvalue weighted by atomic mass is 35.5. The lowest BCUT2D eigenvalue weighted by Crippen LogP contribution is -2.28. The summed E-state index contributed by atoms with van der Waals surface area (Å²) in [5.41, 5.74) is 1.94. The minimum absolute atomic E-state index is 0.608. The molecule has 0 fully saturated rings. The summed E-state index contributed by atoms with van der Waals surface area (Å²) >= 11 is 18.1. The van der Waals surface area contributed by atoms with E-state index in [-0.39, 0.29) is 0 Å². The molecule has 3 rings (SSSR count). The van der Waals surface area contributed by atoms with Crippen molar-refractivity contribution in [2.24, 2.45) is 4.99 Å². The molecule has 2 nitrogen and oxygen atoms in total. The Kier molecular flexibility index (Phi) is 3.88. The predicted octanol–water partition coefficient (Wildman–Crippen LogP) is 4.91. The molecule has 0 amide bonds. The number of benzene rings is 2. The Morgan fingerprint density at radius 1 is 0.900 bits per heavy atom. The number of nitrogens with zero attached hydrogens (tertiary/aromatic N) is 2. The van der Waals surface area contributed by atoms with Crippen molar-refractivity contribution >= 4 is 46.3 Å². The number of halogens is 3. The molecule has 102 valence electrons. The first-order valence-corrected chi connectivity index (χ1v) is 7.31. The second-order valence-electron chi connectivity index (χ2n) is 4.46. The Morgan fingerprint density at radius 2 is 1.60 bits per heavy atom. The maximum atomic E-state index is 6.27. The van der Waals surface area contributed by atoms with E-state index in [4.69, 9.17) is 34.8 Å². The first-order chi connectivity index (χ1) is 9.65. The van der Waals surface area contributed by atoms with E-state index in [1.165, 1.54) is 0 Å². The first kappa shape index (κ1) is 13.7. The van der Waals surface area contributed by atoms with Gasteiger partial charge in [0, 0.05) is 27.8 Å². The maximum absolute atomic E-state index is 6.27. The number of hydrogen-bond donors (Lipinski definition) is 0.